The zero-order valence-corrected chi connectivity index (χ0v) is 13.0. The van der Waals surface area contributed by atoms with E-state index in [-0.39, 0.29) is 6.04 Å². The average molecular weight is 300 g/mol. The summed E-state index contributed by atoms with van der Waals surface area (Å²) >= 11 is 0. The van der Waals surface area contributed by atoms with Gasteiger partial charge in [-0.15, -0.1) is 0 Å². The Labute approximate surface area is 122 Å². The van der Waals surface area contributed by atoms with Crippen molar-refractivity contribution in [3.63, 3.8) is 0 Å². The number of hydrogen-bond donors (Lipinski definition) is 0. The summed E-state index contributed by atoms with van der Waals surface area (Å²) in [7, 11) is -3.31. The zero-order chi connectivity index (χ0) is 14.6. The van der Waals surface area contributed by atoms with Gasteiger partial charge in [0.1, 0.15) is 0 Å². The summed E-state index contributed by atoms with van der Waals surface area (Å²) in [4.78, 5) is 2.04. The molecule has 0 bridgehead atoms. The predicted molar refractivity (Wildman–Crippen MR) is 77.2 cm³/mol. The van der Waals surface area contributed by atoms with E-state index in [1.165, 1.54) is 0 Å². The summed E-state index contributed by atoms with van der Waals surface area (Å²) < 4.78 is 28.4. The van der Waals surface area contributed by atoms with Gasteiger partial charge < -0.3 is 0 Å². The molecule has 2 aliphatic rings. The van der Waals surface area contributed by atoms with Crippen LogP contribution in [-0.4, -0.2) is 67.2 Å². The molecule has 20 heavy (non-hydrogen) atoms. The molecular weight excluding hydrogens is 276 g/mol. The highest BCUT2D eigenvalue weighted by atomic mass is 32.2. The van der Waals surface area contributed by atoms with Gasteiger partial charge >= 0.3 is 0 Å². The van der Waals surface area contributed by atoms with E-state index in [0.29, 0.717) is 39.3 Å². The standard InChI is InChI=1S/C13H24N4O2S/c1-13(12-14)15-8-10-17(11-9-15)20(18,19)16-6-4-2-3-5-7-16/h13H,2-11H2,1H3. The highest BCUT2D eigenvalue weighted by molar-refractivity contribution is 7.86. The molecule has 0 aromatic heterocycles. The molecule has 2 rings (SSSR count). The van der Waals surface area contributed by atoms with Gasteiger partial charge in [-0.2, -0.15) is 22.3 Å². The Morgan fingerprint density at radius 2 is 1.40 bits per heavy atom. The summed E-state index contributed by atoms with van der Waals surface area (Å²) in [6.45, 7) is 5.42. The van der Waals surface area contributed by atoms with E-state index in [9.17, 15) is 8.42 Å². The highest BCUT2D eigenvalue weighted by Gasteiger charge is 2.33. The zero-order valence-electron chi connectivity index (χ0n) is 12.2. The Morgan fingerprint density at radius 3 is 1.90 bits per heavy atom. The lowest BCUT2D eigenvalue weighted by Crippen LogP contribution is -2.54. The van der Waals surface area contributed by atoms with Gasteiger partial charge in [-0.05, 0) is 19.8 Å². The second kappa shape index (κ2) is 6.85. The van der Waals surface area contributed by atoms with Crippen LogP contribution in [0.5, 0.6) is 0 Å². The summed E-state index contributed by atoms with van der Waals surface area (Å²) in [6.07, 6.45) is 4.17. The van der Waals surface area contributed by atoms with Crippen molar-refractivity contribution in [2.24, 2.45) is 0 Å². The van der Waals surface area contributed by atoms with E-state index in [0.717, 1.165) is 25.7 Å². The molecular formula is C13H24N4O2S. The van der Waals surface area contributed by atoms with Crippen LogP contribution >= 0.6 is 0 Å². The molecule has 0 saturated carbocycles. The van der Waals surface area contributed by atoms with Gasteiger partial charge in [0.05, 0.1) is 12.1 Å². The topological polar surface area (TPSA) is 67.6 Å². The molecule has 2 fully saturated rings. The first-order valence-corrected chi connectivity index (χ1v) is 8.84. The molecule has 0 amide bonds. The van der Waals surface area contributed by atoms with Crippen LogP contribution in [0, 0.1) is 11.3 Å². The van der Waals surface area contributed by atoms with E-state index in [1.807, 2.05) is 11.8 Å². The molecule has 1 unspecified atom stereocenters. The van der Waals surface area contributed by atoms with Crippen LogP contribution in [0.2, 0.25) is 0 Å². The van der Waals surface area contributed by atoms with Crippen LogP contribution in [0.4, 0.5) is 0 Å². The monoisotopic (exact) mass is 300 g/mol. The second-order valence-corrected chi connectivity index (χ2v) is 7.49. The van der Waals surface area contributed by atoms with Crippen molar-refractivity contribution >= 4 is 10.2 Å². The number of hydrogen-bond acceptors (Lipinski definition) is 4. The van der Waals surface area contributed by atoms with E-state index in [2.05, 4.69) is 6.07 Å². The molecule has 0 radical (unpaired) electrons. The fourth-order valence-corrected chi connectivity index (χ4v) is 4.51. The van der Waals surface area contributed by atoms with Crippen molar-refractivity contribution in [3.8, 4) is 6.07 Å². The van der Waals surface area contributed by atoms with Crippen molar-refractivity contribution in [1.82, 2.24) is 13.5 Å². The van der Waals surface area contributed by atoms with Gasteiger partial charge in [-0.1, -0.05) is 12.8 Å². The minimum Gasteiger partial charge on any atom is -0.286 e. The quantitative estimate of drug-likeness (QED) is 0.767. The smallest absolute Gasteiger partial charge is 0.282 e. The summed E-state index contributed by atoms with van der Waals surface area (Å²) in [6, 6.07) is 2.07. The van der Waals surface area contributed by atoms with Crippen molar-refractivity contribution < 1.29 is 8.42 Å². The highest BCUT2D eigenvalue weighted by Crippen LogP contribution is 2.18. The molecule has 2 saturated heterocycles. The summed E-state index contributed by atoms with van der Waals surface area (Å²) in [5.41, 5.74) is 0. The number of piperazine rings is 1. The maximum absolute atomic E-state index is 12.6. The van der Waals surface area contributed by atoms with Crippen molar-refractivity contribution in [1.29, 1.82) is 5.26 Å². The minimum atomic E-state index is -3.31. The molecule has 0 aromatic carbocycles. The molecule has 0 aromatic rings. The Balaban J connectivity index is 1.96. The maximum atomic E-state index is 12.6. The Bertz CT molecular complexity index is 443. The number of rotatable bonds is 3. The van der Waals surface area contributed by atoms with Crippen LogP contribution in [0.25, 0.3) is 0 Å². The average Bonchev–Trinajstić information content (AvgIpc) is 2.76. The van der Waals surface area contributed by atoms with Gasteiger partial charge in [0.25, 0.3) is 10.2 Å². The third-order valence-electron chi connectivity index (χ3n) is 4.23. The first-order valence-electron chi connectivity index (χ1n) is 7.44. The van der Waals surface area contributed by atoms with E-state index in [1.54, 1.807) is 8.61 Å². The number of nitrogens with zero attached hydrogens (tertiary/aromatic N) is 4. The molecule has 6 nitrogen and oxygen atoms in total. The van der Waals surface area contributed by atoms with Crippen molar-refractivity contribution in [2.45, 2.75) is 38.6 Å². The predicted octanol–water partition coefficient (Wildman–Crippen LogP) is 0.637. The van der Waals surface area contributed by atoms with Gasteiger partial charge in [0.15, 0.2) is 0 Å². The Morgan fingerprint density at radius 1 is 0.900 bits per heavy atom. The van der Waals surface area contributed by atoms with E-state index in [4.69, 9.17) is 5.26 Å². The van der Waals surface area contributed by atoms with Crippen LogP contribution in [0.1, 0.15) is 32.6 Å². The molecule has 1 atom stereocenters. The minimum absolute atomic E-state index is 0.141. The summed E-state index contributed by atoms with van der Waals surface area (Å²) in [5.74, 6) is 0. The molecule has 0 spiro atoms. The third kappa shape index (κ3) is 3.50. The van der Waals surface area contributed by atoms with Gasteiger partial charge in [-0.25, -0.2) is 0 Å². The molecule has 7 heteroatoms. The van der Waals surface area contributed by atoms with Crippen molar-refractivity contribution in [3.05, 3.63) is 0 Å². The van der Waals surface area contributed by atoms with Gasteiger partial charge in [0.2, 0.25) is 0 Å². The molecule has 0 aliphatic carbocycles. The van der Waals surface area contributed by atoms with Crippen LogP contribution in [0.3, 0.4) is 0 Å². The molecule has 2 heterocycles. The fourth-order valence-electron chi connectivity index (χ4n) is 2.84. The van der Waals surface area contributed by atoms with Crippen LogP contribution in [0.15, 0.2) is 0 Å². The fraction of sp³-hybridized carbons (Fsp3) is 0.923. The Kier molecular flexibility index (Phi) is 5.38. The molecule has 114 valence electrons. The van der Waals surface area contributed by atoms with Gasteiger partial charge in [-0.3, -0.25) is 4.90 Å². The summed E-state index contributed by atoms with van der Waals surface area (Å²) in [5, 5.41) is 8.92. The molecule has 0 N–H and O–H groups in total. The Hall–Kier alpha value is -0.680. The second-order valence-electron chi connectivity index (χ2n) is 5.56. The van der Waals surface area contributed by atoms with E-state index < -0.39 is 10.2 Å². The normalized spacial score (nSPS) is 25.8. The van der Waals surface area contributed by atoms with Crippen molar-refractivity contribution in [2.75, 3.05) is 39.3 Å². The van der Waals surface area contributed by atoms with Gasteiger partial charge in [0, 0.05) is 39.3 Å². The lowest BCUT2D eigenvalue weighted by Gasteiger charge is -2.37. The maximum Gasteiger partial charge on any atom is 0.282 e. The SMILES string of the molecule is CC(C#N)N1CCN(S(=O)(=O)N2CCCCCC2)CC1. The largest absolute Gasteiger partial charge is 0.286 e. The van der Waals surface area contributed by atoms with Crippen LogP contribution in [-0.2, 0) is 10.2 Å². The first kappa shape index (κ1) is 15.7. The molecule has 2 aliphatic heterocycles. The number of nitriles is 1. The lowest BCUT2D eigenvalue weighted by molar-refractivity contribution is 0.164. The third-order valence-corrected chi connectivity index (χ3v) is 6.26. The van der Waals surface area contributed by atoms with E-state index >= 15 is 0 Å². The van der Waals surface area contributed by atoms with Crippen LogP contribution < -0.4 is 0 Å². The lowest BCUT2D eigenvalue weighted by atomic mass is 10.2. The first-order chi connectivity index (χ1) is 9.55.